The Hall–Kier alpha value is -3.41. The van der Waals surface area contributed by atoms with Crippen LogP contribution in [0.5, 0.6) is 0 Å². The molecule has 1 unspecified atom stereocenters. The zero-order chi connectivity index (χ0) is 18.6. The van der Waals surface area contributed by atoms with E-state index in [0.717, 1.165) is 33.5 Å². The van der Waals surface area contributed by atoms with Gasteiger partial charge in [0.1, 0.15) is 11.4 Å². The minimum absolute atomic E-state index is 0.214. The molecule has 3 aromatic rings. The number of nitrogens with zero attached hydrogens (tertiary/aromatic N) is 2. The van der Waals surface area contributed by atoms with Gasteiger partial charge in [0, 0.05) is 19.9 Å². The van der Waals surface area contributed by atoms with Gasteiger partial charge in [-0.15, -0.1) is 0 Å². The number of fused-ring (bicyclic) bond motifs is 2. The van der Waals surface area contributed by atoms with E-state index in [1.807, 2.05) is 48.6 Å². The minimum atomic E-state index is -0.797. The molecule has 134 valence electrons. The fraction of sp³-hybridized carbons (Fsp3) is 0.190. The van der Waals surface area contributed by atoms with E-state index in [-0.39, 0.29) is 11.9 Å². The molecule has 2 N–H and O–H groups in total. The predicted molar refractivity (Wildman–Crippen MR) is 103 cm³/mol. The number of aromatic nitrogens is 2. The molecule has 6 heteroatoms. The van der Waals surface area contributed by atoms with Crippen LogP contribution < -0.4 is 5.32 Å². The van der Waals surface area contributed by atoms with E-state index in [4.69, 9.17) is 0 Å². The number of rotatable bonds is 2. The first-order valence-corrected chi connectivity index (χ1v) is 8.89. The van der Waals surface area contributed by atoms with Crippen LogP contribution in [-0.2, 0) is 17.6 Å². The summed E-state index contributed by atoms with van der Waals surface area (Å²) >= 11 is 0. The van der Waals surface area contributed by atoms with Gasteiger partial charge in [-0.25, -0.2) is 9.78 Å². The number of urea groups is 1. The topological polar surface area (TPSA) is 78.1 Å². The molecule has 0 radical (unpaired) electrons. The number of H-pyrrole nitrogens is 1. The first-order valence-electron chi connectivity index (χ1n) is 8.89. The van der Waals surface area contributed by atoms with Crippen molar-refractivity contribution in [3.05, 3.63) is 65.0 Å². The van der Waals surface area contributed by atoms with Gasteiger partial charge >= 0.3 is 6.03 Å². The van der Waals surface area contributed by atoms with E-state index in [1.54, 1.807) is 7.05 Å². The first-order chi connectivity index (χ1) is 13.0. The fourth-order valence-electron chi connectivity index (χ4n) is 4.05. The minimum Gasteiger partial charge on any atom is -0.338 e. The molecule has 27 heavy (non-hydrogen) atoms. The number of nitrogens with one attached hydrogen (secondary N) is 2. The molecular formula is C21H18N4O2. The highest BCUT2D eigenvalue weighted by molar-refractivity contribution is 6.07. The zero-order valence-corrected chi connectivity index (χ0v) is 14.8. The second-order valence-corrected chi connectivity index (χ2v) is 7.21. The van der Waals surface area contributed by atoms with Crippen molar-refractivity contribution >= 4 is 35.1 Å². The number of carbonyl (C=O) groups is 2. The summed E-state index contributed by atoms with van der Waals surface area (Å²) in [4.78, 5) is 33.8. The molecule has 1 aromatic heterocycles. The number of likely N-dealkylation sites (N-methyl/N-ethyl adjacent to an activating group) is 1. The zero-order valence-electron chi connectivity index (χ0n) is 14.8. The third kappa shape index (κ3) is 2.37. The van der Waals surface area contributed by atoms with Crippen LogP contribution in [0, 0.1) is 0 Å². The summed E-state index contributed by atoms with van der Waals surface area (Å²) in [5, 5.41) is 2.43. The number of imidazole rings is 1. The van der Waals surface area contributed by atoms with E-state index < -0.39 is 5.54 Å². The Morgan fingerprint density at radius 3 is 2.52 bits per heavy atom. The summed E-state index contributed by atoms with van der Waals surface area (Å²) in [6.45, 7) is 0. The number of aromatic amines is 1. The lowest BCUT2D eigenvalue weighted by Crippen LogP contribution is -2.48. The van der Waals surface area contributed by atoms with Crippen LogP contribution in [0.15, 0.2) is 42.5 Å². The largest absolute Gasteiger partial charge is 0.338 e. The summed E-state index contributed by atoms with van der Waals surface area (Å²) in [5.74, 6) is 0.576. The summed E-state index contributed by atoms with van der Waals surface area (Å²) in [6.07, 6.45) is 5.03. The highest BCUT2D eigenvalue weighted by Crippen LogP contribution is 2.38. The third-order valence-corrected chi connectivity index (χ3v) is 5.61. The molecule has 1 aliphatic carbocycles. The van der Waals surface area contributed by atoms with Crippen molar-refractivity contribution < 1.29 is 9.59 Å². The average Bonchev–Trinajstić information content (AvgIpc) is 3.30. The highest BCUT2D eigenvalue weighted by atomic mass is 16.2. The van der Waals surface area contributed by atoms with Crippen molar-refractivity contribution in [2.45, 2.75) is 18.4 Å². The molecule has 5 rings (SSSR count). The maximum absolute atomic E-state index is 12.4. The SMILES string of the molecule is CN1C(=O)NC(=O)C12Cc1cc3nc(/C=C/c4ccccc4)[nH]c3cc1C2. The lowest BCUT2D eigenvalue weighted by atomic mass is 9.95. The van der Waals surface area contributed by atoms with Gasteiger partial charge in [0.05, 0.1) is 11.0 Å². The van der Waals surface area contributed by atoms with Gasteiger partial charge in [0.15, 0.2) is 0 Å². The molecule has 0 bridgehead atoms. The molecule has 6 nitrogen and oxygen atoms in total. The van der Waals surface area contributed by atoms with Gasteiger partial charge in [-0.1, -0.05) is 36.4 Å². The van der Waals surface area contributed by atoms with Crippen LogP contribution in [-0.4, -0.2) is 39.4 Å². The number of amides is 3. The maximum Gasteiger partial charge on any atom is 0.324 e. The van der Waals surface area contributed by atoms with Crippen molar-refractivity contribution in [3.8, 4) is 0 Å². The molecule has 1 spiro atoms. The molecule has 1 atom stereocenters. The summed E-state index contributed by atoms with van der Waals surface area (Å²) < 4.78 is 0. The number of imide groups is 1. The number of carbonyl (C=O) groups excluding carboxylic acids is 2. The van der Waals surface area contributed by atoms with E-state index in [2.05, 4.69) is 21.4 Å². The summed E-state index contributed by atoms with van der Waals surface area (Å²) in [5.41, 5.74) is 4.28. The van der Waals surface area contributed by atoms with Crippen molar-refractivity contribution in [1.82, 2.24) is 20.2 Å². The van der Waals surface area contributed by atoms with Crippen molar-refractivity contribution in [1.29, 1.82) is 0 Å². The average molecular weight is 358 g/mol. The van der Waals surface area contributed by atoms with Crippen LogP contribution in [0.1, 0.15) is 22.5 Å². The Morgan fingerprint density at radius 2 is 1.81 bits per heavy atom. The molecular weight excluding hydrogens is 340 g/mol. The van der Waals surface area contributed by atoms with E-state index in [1.165, 1.54) is 4.90 Å². The molecule has 1 saturated heterocycles. The Balaban J connectivity index is 1.47. The van der Waals surface area contributed by atoms with Gasteiger partial charge in [-0.05, 0) is 34.9 Å². The van der Waals surface area contributed by atoms with Crippen LogP contribution in [0.4, 0.5) is 4.79 Å². The fourth-order valence-corrected chi connectivity index (χ4v) is 4.05. The highest BCUT2D eigenvalue weighted by Gasteiger charge is 2.54. The van der Waals surface area contributed by atoms with Crippen molar-refractivity contribution in [2.24, 2.45) is 0 Å². The Kier molecular flexibility index (Phi) is 3.25. The van der Waals surface area contributed by atoms with Gasteiger partial charge in [-0.3, -0.25) is 10.1 Å². The standard InChI is InChI=1S/C21H18N4O2/c1-25-20(27)24-19(26)21(25)11-14-9-16-17(10-15(14)12-21)23-18(22-16)8-7-13-5-3-2-4-6-13/h2-10H,11-12H2,1H3,(H,22,23)(H,24,26,27)/b8-7+. The van der Waals surface area contributed by atoms with E-state index in [9.17, 15) is 9.59 Å². The van der Waals surface area contributed by atoms with Crippen LogP contribution >= 0.6 is 0 Å². The van der Waals surface area contributed by atoms with Crippen LogP contribution in [0.2, 0.25) is 0 Å². The van der Waals surface area contributed by atoms with E-state index >= 15 is 0 Å². The number of hydrogen-bond donors (Lipinski definition) is 2. The normalized spacial score (nSPS) is 18.0. The van der Waals surface area contributed by atoms with Gasteiger partial charge in [0.2, 0.25) is 0 Å². The molecule has 1 aliphatic heterocycles. The van der Waals surface area contributed by atoms with Crippen molar-refractivity contribution in [2.75, 3.05) is 7.05 Å². The second-order valence-electron chi connectivity index (χ2n) is 7.21. The molecule has 1 fully saturated rings. The maximum atomic E-state index is 12.4. The number of benzene rings is 2. The summed E-state index contributed by atoms with van der Waals surface area (Å²) in [6, 6.07) is 13.8. The Morgan fingerprint density at radius 1 is 1.07 bits per heavy atom. The van der Waals surface area contributed by atoms with Gasteiger partial charge in [0.25, 0.3) is 5.91 Å². The Labute approximate surface area is 155 Å². The van der Waals surface area contributed by atoms with Crippen LogP contribution in [0.3, 0.4) is 0 Å². The molecule has 2 aromatic carbocycles. The predicted octanol–water partition coefficient (Wildman–Crippen LogP) is 2.75. The van der Waals surface area contributed by atoms with Crippen LogP contribution in [0.25, 0.3) is 23.2 Å². The summed E-state index contributed by atoms with van der Waals surface area (Å²) in [7, 11) is 1.68. The quantitative estimate of drug-likeness (QED) is 0.692. The molecule has 2 heterocycles. The van der Waals surface area contributed by atoms with Gasteiger partial charge < -0.3 is 9.88 Å². The molecule has 3 amide bonds. The monoisotopic (exact) mass is 358 g/mol. The lowest BCUT2D eigenvalue weighted by molar-refractivity contribution is -0.125. The smallest absolute Gasteiger partial charge is 0.324 e. The Bertz CT molecular complexity index is 1070. The molecule has 0 saturated carbocycles. The van der Waals surface area contributed by atoms with Gasteiger partial charge in [-0.2, -0.15) is 0 Å². The van der Waals surface area contributed by atoms with E-state index in [0.29, 0.717) is 12.8 Å². The van der Waals surface area contributed by atoms with Crippen molar-refractivity contribution in [3.63, 3.8) is 0 Å². The third-order valence-electron chi connectivity index (χ3n) is 5.61. The second kappa shape index (κ2) is 5.54. The number of hydrogen-bond acceptors (Lipinski definition) is 3. The molecule has 2 aliphatic rings. The lowest BCUT2D eigenvalue weighted by Gasteiger charge is -2.27. The first kappa shape index (κ1) is 15.8.